The van der Waals surface area contributed by atoms with Gasteiger partial charge in [0.05, 0.1) is 6.54 Å². The van der Waals surface area contributed by atoms with Crippen molar-refractivity contribution in [2.75, 3.05) is 0 Å². The Hall–Kier alpha value is -2.11. The van der Waals surface area contributed by atoms with Crippen LogP contribution >= 0.6 is 0 Å². The number of nitrogens with one attached hydrogen (secondary N) is 2. The summed E-state index contributed by atoms with van der Waals surface area (Å²) in [5, 5.41) is 13.0. The highest BCUT2D eigenvalue weighted by Gasteiger charge is 2.10. The van der Waals surface area contributed by atoms with E-state index in [1.807, 2.05) is 6.08 Å². The van der Waals surface area contributed by atoms with Crippen LogP contribution in [-0.4, -0.2) is 16.1 Å². The lowest BCUT2D eigenvalue weighted by molar-refractivity contribution is -0.117. The Balaban J connectivity index is 1.86. The smallest absolute Gasteiger partial charge is 0.249 e. The van der Waals surface area contributed by atoms with E-state index in [9.17, 15) is 4.79 Å². The lowest BCUT2D eigenvalue weighted by atomic mass is 10.1. The molecule has 16 heavy (non-hydrogen) atoms. The second kappa shape index (κ2) is 4.61. The van der Waals surface area contributed by atoms with Crippen molar-refractivity contribution in [3.05, 3.63) is 35.8 Å². The van der Waals surface area contributed by atoms with E-state index >= 15 is 0 Å². The number of nitrogens with zero attached hydrogens (tertiary/aromatic N) is 2. The molecule has 6 nitrogen and oxygen atoms in total. The van der Waals surface area contributed by atoms with E-state index in [-0.39, 0.29) is 12.5 Å². The van der Waals surface area contributed by atoms with Gasteiger partial charge < -0.3 is 15.1 Å². The van der Waals surface area contributed by atoms with Crippen LogP contribution < -0.4 is 10.6 Å². The van der Waals surface area contributed by atoms with Crippen molar-refractivity contribution in [2.45, 2.75) is 19.9 Å². The highest BCUT2D eigenvalue weighted by molar-refractivity contribution is 5.93. The predicted octanol–water partition coefficient (Wildman–Crippen LogP) is 0.385. The van der Waals surface area contributed by atoms with Gasteiger partial charge in [-0.15, -0.1) is 10.2 Å². The molecule has 2 rings (SSSR count). The molecule has 0 unspecified atom stereocenters. The van der Waals surface area contributed by atoms with Crippen LogP contribution in [0.3, 0.4) is 0 Å². The Morgan fingerprint density at radius 1 is 1.62 bits per heavy atom. The van der Waals surface area contributed by atoms with E-state index in [4.69, 9.17) is 4.42 Å². The quantitative estimate of drug-likeness (QED) is 0.770. The van der Waals surface area contributed by atoms with Gasteiger partial charge in [-0.2, -0.15) is 0 Å². The number of carbonyl (C=O) groups is 1. The molecule has 0 fully saturated rings. The molecule has 0 atom stereocenters. The first kappa shape index (κ1) is 10.4. The van der Waals surface area contributed by atoms with E-state index in [1.165, 1.54) is 0 Å². The van der Waals surface area contributed by atoms with Crippen LogP contribution in [0.25, 0.3) is 0 Å². The fraction of sp³-hybridized carbons (Fsp3) is 0.300. The van der Waals surface area contributed by atoms with Gasteiger partial charge in [0.25, 0.3) is 0 Å². The molecule has 1 aliphatic rings. The maximum Gasteiger partial charge on any atom is 0.249 e. The summed E-state index contributed by atoms with van der Waals surface area (Å²) in [5.74, 6) is 0.768. The molecule has 2 N–H and O–H groups in total. The summed E-state index contributed by atoms with van der Waals surface area (Å²) in [6.45, 7) is 1.96. The maximum atomic E-state index is 11.6. The SMILES string of the molecule is Cc1nnc(CNC(=O)C2=CNC=CC2)o1. The summed E-state index contributed by atoms with van der Waals surface area (Å²) in [6, 6.07) is 0. The molecule has 1 aliphatic heterocycles. The van der Waals surface area contributed by atoms with Gasteiger partial charge in [-0.05, 0) is 12.6 Å². The molecule has 1 aromatic rings. The highest BCUT2D eigenvalue weighted by Crippen LogP contribution is 2.05. The van der Waals surface area contributed by atoms with Crippen molar-refractivity contribution >= 4 is 5.91 Å². The van der Waals surface area contributed by atoms with Crippen molar-refractivity contribution in [1.29, 1.82) is 0 Å². The molecule has 0 aliphatic carbocycles. The number of aryl methyl sites for hydroxylation is 1. The molecular weight excluding hydrogens is 208 g/mol. The van der Waals surface area contributed by atoms with Gasteiger partial charge in [-0.25, -0.2) is 0 Å². The number of aromatic nitrogens is 2. The largest absolute Gasteiger partial charge is 0.424 e. The minimum Gasteiger partial charge on any atom is -0.424 e. The molecule has 84 valence electrons. The van der Waals surface area contributed by atoms with Crippen molar-refractivity contribution < 1.29 is 9.21 Å². The van der Waals surface area contributed by atoms with Crippen LogP contribution in [0, 0.1) is 6.92 Å². The van der Waals surface area contributed by atoms with E-state index in [1.54, 1.807) is 19.3 Å². The van der Waals surface area contributed by atoms with E-state index in [0.717, 1.165) is 0 Å². The monoisotopic (exact) mass is 220 g/mol. The highest BCUT2D eigenvalue weighted by atomic mass is 16.4. The maximum absolute atomic E-state index is 11.6. The summed E-state index contributed by atoms with van der Waals surface area (Å²) in [6.07, 6.45) is 5.97. The van der Waals surface area contributed by atoms with E-state index < -0.39 is 0 Å². The summed E-state index contributed by atoms with van der Waals surface area (Å²) in [7, 11) is 0. The van der Waals surface area contributed by atoms with Crippen molar-refractivity contribution in [1.82, 2.24) is 20.8 Å². The van der Waals surface area contributed by atoms with E-state index in [0.29, 0.717) is 23.8 Å². The topological polar surface area (TPSA) is 80.0 Å². The first-order chi connectivity index (χ1) is 7.75. The number of rotatable bonds is 3. The zero-order valence-electron chi connectivity index (χ0n) is 8.86. The number of hydrogen-bond donors (Lipinski definition) is 2. The van der Waals surface area contributed by atoms with Gasteiger partial charge in [0.1, 0.15) is 0 Å². The second-order valence-corrected chi connectivity index (χ2v) is 3.34. The average molecular weight is 220 g/mol. The molecule has 0 bridgehead atoms. The third-order valence-electron chi connectivity index (χ3n) is 2.07. The van der Waals surface area contributed by atoms with Crippen LogP contribution in [0.5, 0.6) is 0 Å². The summed E-state index contributed by atoms with van der Waals surface area (Å²) in [4.78, 5) is 11.6. The van der Waals surface area contributed by atoms with Crippen LogP contribution in [-0.2, 0) is 11.3 Å². The van der Waals surface area contributed by atoms with Gasteiger partial charge in [0.15, 0.2) is 0 Å². The number of allylic oxidation sites excluding steroid dienone is 1. The minimum absolute atomic E-state index is 0.132. The molecule has 6 heteroatoms. The molecule has 0 saturated heterocycles. The van der Waals surface area contributed by atoms with Gasteiger partial charge >= 0.3 is 0 Å². The Morgan fingerprint density at radius 3 is 3.12 bits per heavy atom. The lowest BCUT2D eigenvalue weighted by Gasteiger charge is -2.08. The summed E-state index contributed by atoms with van der Waals surface area (Å²) < 4.78 is 5.14. The molecule has 0 spiro atoms. The summed E-state index contributed by atoms with van der Waals surface area (Å²) in [5.41, 5.74) is 0.679. The van der Waals surface area contributed by atoms with Crippen LogP contribution in [0.4, 0.5) is 0 Å². The zero-order valence-corrected chi connectivity index (χ0v) is 8.86. The number of amides is 1. The number of hydrogen-bond acceptors (Lipinski definition) is 5. The first-order valence-corrected chi connectivity index (χ1v) is 4.93. The zero-order chi connectivity index (χ0) is 11.4. The van der Waals surface area contributed by atoms with Crippen molar-refractivity contribution in [2.24, 2.45) is 0 Å². The number of carbonyl (C=O) groups excluding carboxylic acids is 1. The molecule has 0 radical (unpaired) electrons. The fourth-order valence-corrected chi connectivity index (χ4v) is 1.30. The molecule has 1 aromatic heterocycles. The van der Waals surface area contributed by atoms with Crippen molar-refractivity contribution in [3.8, 4) is 0 Å². The third kappa shape index (κ3) is 2.47. The van der Waals surface area contributed by atoms with Gasteiger partial charge in [0.2, 0.25) is 17.7 Å². The lowest BCUT2D eigenvalue weighted by Crippen LogP contribution is -2.26. The van der Waals surface area contributed by atoms with Crippen LogP contribution in [0.15, 0.2) is 28.5 Å². The normalized spacial score (nSPS) is 14.2. The standard InChI is InChI=1S/C10H12N4O2/c1-7-13-14-9(16-7)6-12-10(15)8-3-2-4-11-5-8/h2,4-5,11H,3,6H2,1H3,(H,12,15). The first-order valence-electron chi connectivity index (χ1n) is 4.93. The van der Waals surface area contributed by atoms with Gasteiger partial charge in [-0.3, -0.25) is 4.79 Å². The molecular formula is C10H12N4O2. The predicted molar refractivity (Wildman–Crippen MR) is 55.9 cm³/mol. The fourth-order valence-electron chi connectivity index (χ4n) is 1.30. The van der Waals surface area contributed by atoms with Gasteiger partial charge in [0, 0.05) is 18.7 Å². The molecule has 1 amide bonds. The summed E-state index contributed by atoms with van der Waals surface area (Å²) >= 11 is 0. The Morgan fingerprint density at radius 2 is 2.50 bits per heavy atom. The Kier molecular flexibility index (Phi) is 3.00. The van der Waals surface area contributed by atoms with Gasteiger partial charge in [-0.1, -0.05) is 6.08 Å². The Labute approximate surface area is 92.4 Å². The van der Waals surface area contributed by atoms with Crippen LogP contribution in [0.1, 0.15) is 18.2 Å². The average Bonchev–Trinajstić information content (AvgIpc) is 2.73. The number of dihydropyridines is 1. The minimum atomic E-state index is -0.132. The van der Waals surface area contributed by atoms with E-state index in [2.05, 4.69) is 20.8 Å². The molecule has 2 heterocycles. The Bertz CT molecular complexity index is 447. The molecule has 0 saturated carbocycles. The van der Waals surface area contributed by atoms with Crippen molar-refractivity contribution in [3.63, 3.8) is 0 Å². The third-order valence-corrected chi connectivity index (χ3v) is 2.07. The second-order valence-electron chi connectivity index (χ2n) is 3.34. The molecule has 0 aromatic carbocycles. The van der Waals surface area contributed by atoms with Crippen LogP contribution in [0.2, 0.25) is 0 Å².